The number of anilines is 1. The molecule has 12 nitrogen and oxygen atoms in total. The summed E-state index contributed by atoms with van der Waals surface area (Å²) in [4.78, 5) is 34.8. The number of nitrogen functional groups attached to an aromatic ring is 1. The fourth-order valence-electron chi connectivity index (χ4n) is 5.92. The highest BCUT2D eigenvalue weighted by atomic mass is 16.5. The van der Waals surface area contributed by atoms with Gasteiger partial charge in [-0.05, 0) is 67.8 Å². The van der Waals surface area contributed by atoms with Gasteiger partial charge in [0.2, 0.25) is 11.8 Å². The fourth-order valence-corrected chi connectivity index (χ4v) is 5.92. The highest BCUT2D eigenvalue weighted by Crippen LogP contribution is 2.35. The number of nitrogens with two attached hydrogens (primary N) is 1. The number of carbonyl (C=O) groups is 2. The molecule has 5 heterocycles. The first-order valence-corrected chi connectivity index (χ1v) is 14.7. The molecule has 0 bridgehead atoms. The highest BCUT2D eigenvalue weighted by Gasteiger charge is 2.30. The third kappa shape index (κ3) is 5.59. The van der Waals surface area contributed by atoms with Gasteiger partial charge in [-0.25, -0.2) is 14.6 Å². The summed E-state index contributed by atoms with van der Waals surface area (Å²) in [6.45, 7) is 2.36. The summed E-state index contributed by atoms with van der Waals surface area (Å²) in [7, 11) is 0. The van der Waals surface area contributed by atoms with E-state index >= 15 is 0 Å². The zero-order valence-corrected chi connectivity index (χ0v) is 24.0. The standard InChI is InChI=1S/C32H31N9O3/c33-30-28-29(20-6-9-24(10-7-20)44-23-4-2-1-3-5-23)39-41(31(28)35-19-34-30)22-14-16-40(17-15-22)18-21-8-12-26(38-37-21)25-11-13-27(42)36-32(25)43/h1-10,12,19,22,25H,11,13-18H2,(H2,33,34,35)(H,36,42,43). The van der Waals surface area contributed by atoms with Crippen molar-refractivity contribution >= 4 is 28.7 Å². The second kappa shape index (κ2) is 11.8. The number of imide groups is 1. The Morgan fingerprint density at radius 2 is 1.66 bits per heavy atom. The third-order valence-electron chi connectivity index (χ3n) is 8.25. The van der Waals surface area contributed by atoms with Gasteiger partial charge in [0, 0.05) is 31.6 Å². The van der Waals surface area contributed by atoms with Gasteiger partial charge in [-0.15, -0.1) is 0 Å². The van der Waals surface area contributed by atoms with Gasteiger partial charge in [0.15, 0.2) is 5.65 Å². The van der Waals surface area contributed by atoms with E-state index in [1.54, 1.807) is 0 Å². The molecular formula is C32H31N9O3. The second-order valence-corrected chi connectivity index (χ2v) is 11.2. The van der Waals surface area contributed by atoms with E-state index in [2.05, 4.69) is 30.4 Å². The van der Waals surface area contributed by atoms with Crippen molar-refractivity contribution in [2.75, 3.05) is 18.8 Å². The Bertz CT molecular complexity index is 1800. The largest absolute Gasteiger partial charge is 0.457 e. The first-order chi connectivity index (χ1) is 21.5. The summed E-state index contributed by atoms with van der Waals surface area (Å²) in [6.07, 6.45) is 4.03. The first-order valence-electron chi connectivity index (χ1n) is 14.7. The van der Waals surface area contributed by atoms with Crippen LogP contribution in [0.3, 0.4) is 0 Å². The number of para-hydroxylation sites is 1. The van der Waals surface area contributed by atoms with E-state index in [9.17, 15) is 9.59 Å². The Labute approximate surface area is 253 Å². The molecule has 3 aromatic heterocycles. The lowest BCUT2D eigenvalue weighted by molar-refractivity contribution is -0.134. The minimum atomic E-state index is -0.433. The zero-order valence-electron chi connectivity index (χ0n) is 24.0. The molecule has 2 saturated heterocycles. The zero-order chi connectivity index (χ0) is 30.0. The number of hydrogen-bond acceptors (Lipinski definition) is 10. The van der Waals surface area contributed by atoms with Crippen LogP contribution >= 0.6 is 0 Å². The second-order valence-electron chi connectivity index (χ2n) is 11.2. The van der Waals surface area contributed by atoms with Crippen molar-refractivity contribution in [3.63, 3.8) is 0 Å². The Kier molecular flexibility index (Phi) is 7.40. The molecule has 0 spiro atoms. The number of piperidine rings is 2. The molecule has 3 N–H and O–H groups in total. The Balaban J connectivity index is 1.04. The van der Waals surface area contributed by atoms with E-state index in [0.29, 0.717) is 30.9 Å². The molecule has 2 aliphatic heterocycles. The fraction of sp³-hybridized carbons (Fsp3) is 0.281. The Morgan fingerprint density at radius 1 is 0.886 bits per heavy atom. The van der Waals surface area contributed by atoms with Gasteiger partial charge in [0.05, 0.1) is 28.7 Å². The highest BCUT2D eigenvalue weighted by molar-refractivity contribution is 6.00. The molecule has 12 heteroatoms. The monoisotopic (exact) mass is 589 g/mol. The molecular weight excluding hydrogens is 558 g/mol. The number of likely N-dealkylation sites (tertiary alicyclic amines) is 1. The number of nitrogens with zero attached hydrogens (tertiary/aromatic N) is 7. The van der Waals surface area contributed by atoms with Crippen molar-refractivity contribution in [1.29, 1.82) is 0 Å². The van der Waals surface area contributed by atoms with Crippen LogP contribution in [-0.4, -0.2) is 59.7 Å². The molecule has 0 radical (unpaired) electrons. The van der Waals surface area contributed by atoms with Gasteiger partial charge < -0.3 is 10.5 Å². The maximum absolute atomic E-state index is 12.2. The van der Waals surface area contributed by atoms with Crippen molar-refractivity contribution in [1.82, 2.24) is 40.2 Å². The van der Waals surface area contributed by atoms with Gasteiger partial charge in [0.25, 0.3) is 0 Å². The van der Waals surface area contributed by atoms with Crippen LogP contribution in [0.25, 0.3) is 22.3 Å². The van der Waals surface area contributed by atoms with Crippen molar-refractivity contribution in [3.05, 3.63) is 84.4 Å². The van der Waals surface area contributed by atoms with E-state index in [-0.39, 0.29) is 17.9 Å². The number of hydrogen-bond donors (Lipinski definition) is 2. The van der Waals surface area contributed by atoms with Crippen molar-refractivity contribution in [2.24, 2.45) is 0 Å². The summed E-state index contributed by atoms with van der Waals surface area (Å²) in [5.41, 5.74) is 10.2. The minimum Gasteiger partial charge on any atom is -0.457 e. The number of carbonyl (C=O) groups excluding carboxylic acids is 2. The lowest BCUT2D eigenvalue weighted by Gasteiger charge is -2.31. The number of fused-ring (bicyclic) bond motifs is 1. The van der Waals surface area contributed by atoms with Crippen LogP contribution in [0, 0.1) is 0 Å². The van der Waals surface area contributed by atoms with Crippen LogP contribution in [0.15, 0.2) is 73.1 Å². The predicted molar refractivity (Wildman–Crippen MR) is 162 cm³/mol. The van der Waals surface area contributed by atoms with Crippen LogP contribution in [0.4, 0.5) is 5.82 Å². The smallest absolute Gasteiger partial charge is 0.235 e. The minimum absolute atomic E-state index is 0.151. The van der Waals surface area contributed by atoms with Crippen molar-refractivity contribution < 1.29 is 14.3 Å². The summed E-state index contributed by atoms with van der Waals surface area (Å²) < 4.78 is 7.96. The summed E-state index contributed by atoms with van der Waals surface area (Å²) in [5, 5.41) is 16.8. The molecule has 0 aliphatic carbocycles. The van der Waals surface area contributed by atoms with Crippen LogP contribution in [0.2, 0.25) is 0 Å². The average Bonchev–Trinajstić information content (AvgIpc) is 3.44. The molecule has 2 amide bonds. The molecule has 1 unspecified atom stereocenters. The number of benzene rings is 2. The molecule has 0 saturated carbocycles. The van der Waals surface area contributed by atoms with Crippen molar-refractivity contribution in [3.8, 4) is 22.8 Å². The molecule has 2 aromatic carbocycles. The molecule has 222 valence electrons. The molecule has 5 aromatic rings. The average molecular weight is 590 g/mol. The van der Waals surface area contributed by atoms with E-state index < -0.39 is 5.92 Å². The SMILES string of the molecule is Nc1ncnc2c1c(-c1ccc(Oc3ccccc3)cc1)nn2C1CCN(Cc2ccc(C3CCC(=O)NC3=O)nn2)CC1. The molecule has 1 atom stereocenters. The van der Waals surface area contributed by atoms with E-state index in [4.69, 9.17) is 15.6 Å². The quantitative estimate of drug-likeness (QED) is 0.266. The summed E-state index contributed by atoms with van der Waals surface area (Å²) in [6, 6.07) is 21.4. The molecule has 7 rings (SSSR count). The van der Waals surface area contributed by atoms with E-state index in [0.717, 1.165) is 65.4 Å². The van der Waals surface area contributed by atoms with Gasteiger partial charge in [0.1, 0.15) is 29.3 Å². The van der Waals surface area contributed by atoms with Crippen LogP contribution in [-0.2, 0) is 16.1 Å². The molecule has 2 aliphatic rings. The Morgan fingerprint density at radius 3 is 2.39 bits per heavy atom. The number of rotatable bonds is 7. The normalized spacial score (nSPS) is 18.0. The lowest BCUT2D eigenvalue weighted by Crippen LogP contribution is -2.39. The maximum Gasteiger partial charge on any atom is 0.235 e. The van der Waals surface area contributed by atoms with Gasteiger partial charge in [-0.1, -0.05) is 18.2 Å². The van der Waals surface area contributed by atoms with E-state index in [1.165, 1.54) is 6.33 Å². The lowest BCUT2D eigenvalue weighted by atomic mass is 9.94. The number of aromatic nitrogens is 6. The predicted octanol–water partition coefficient (Wildman–Crippen LogP) is 4.02. The first kappa shape index (κ1) is 27.6. The summed E-state index contributed by atoms with van der Waals surface area (Å²) in [5.74, 6) is 0.930. The van der Waals surface area contributed by atoms with E-state index in [1.807, 2.05) is 71.4 Å². The van der Waals surface area contributed by atoms with Crippen molar-refractivity contribution in [2.45, 2.75) is 44.2 Å². The van der Waals surface area contributed by atoms with Crippen LogP contribution in [0.5, 0.6) is 11.5 Å². The van der Waals surface area contributed by atoms with Crippen LogP contribution < -0.4 is 15.8 Å². The van der Waals surface area contributed by atoms with Gasteiger partial charge in [-0.2, -0.15) is 15.3 Å². The van der Waals surface area contributed by atoms with Gasteiger partial charge in [-0.3, -0.25) is 19.8 Å². The third-order valence-corrected chi connectivity index (χ3v) is 8.25. The summed E-state index contributed by atoms with van der Waals surface area (Å²) >= 11 is 0. The Hall–Kier alpha value is -5.23. The number of ether oxygens (including phenoxy) is 1. The number of amides is 2. The van der Waals surface area contributed by atoms with Crippen LogP contribution in [0.1, 0.15) is 49.0 Å². The number of nitrogens with one attached hydrogen (secondary N) is 1. The topological polar surface area (TPSA) is 154 Å². The molecule has 44 heavy (non-hydrogen) atoms. The van der Waals surface area contributed by atoms with Gasteiger partial charge >= 0.3 is 0 Å². The molecule has 2 fully saturated rings. The maximum atomic E-state index is 12.2.